The third kappa shape index (κ3) is 2.31. The standard InChI is InChI=1S/C14H13N5O4/c1-7-12(20)16-14(18-17-7)19-13(21)10-8(6-15-19)4-5-9(22-2)11(10)23-3/h4-6H,1-3H3,(H,16,18,20). The number of aromatic nitrogens is 5. The largest absolute Gasteiger partial charge is 0.493 e. The lowest BCUT2D eigenvalue weighted by Gasteiger charge is -2.11. The summed E-state index contributed by atoms with van der Waals surface area (Å²) < 4.78 is 11.4. The quantitative estimate of drug-likeness (QED) is 0.734. The molecule has 0 saturated carbocycles. The molecular formula is C14H13N5O4. The maximum atomic E-state index is 12.7. The summed E-state index contributed by atoms with van der Waals surface area (Å²) >= 11 is 0. The summed E-state index contributed by atoms with van der Waals surface area (Å²) in [5.41, 5.74) is -0.754. The molecule has 0 spiro atoms. The monoisotopic (exact) mass is 315 g/mol. The highest BCUT2D eigenvalue weighted by Crippen LogP contribution is 2.32. The van der Waals surface area contributed by atoms with Crippen molar-refractivity contribution in [2.45, 2.75) is 6.92 Å². The van der Waals surface area contributed by atoms with Crippen LogP contribution in [0.25, 0.3) is 16.7 Å². The van der Waals surface area contributed by atoms with Crippen LogP contribution in [0, 0.1) is 6.92 Å². The Hall–Kier alpha value is -3.23. The van der Waals surface area contributed by atoms with Gasteiger partial charge in [-0.3, -0.25) is 14.6 Å². The van der Waals surface area contributed by atoms with Crippen molar-refractivity contribution in [1.29, 1.82) is 0 Å². The van der Waals surface area contributed by atoms with Crippen molar-refractivity contribution in [3.63, 3.8) is 0 Å². The first-order valence-corrected chi connectivity index (χ1v) is 6.63. The average Bonchev–Trinajstić information content (AvgIpc) is 2.56. The minimum Gasteiger partial charge on any atom is -0.493 e. The predicted octanol–water partition coefficient (Wildman–Crippen LogP) is 0.190. The third-order valence-corrected chi connectivity index (χ3v) is 3.35. The van der Waals surface area contributed by atoms with E-state index in [4.69, 9.17) is 9.47 Å². The van der Waals surface area contributed by atoms with Crippen molar-refractivity contribution in [3.05, 3.63) is 44.7 Å². The first-order chi connectivity index (χ1) is 11.1. The number of aryl methyl sites for hydroxylation is 1. The van der Waals surface area contributed by atoms with Crippen LogP contribution in [0.5, 0.6) is 11.5 Å². The first kappa shape index (κ1) is 14.7. The summed E-state index contributed by atoms with van der Waals surface area (Å²) in [5, 5.41) is 12.4. The van der Waals surface area contributed by atoms with Crippen molar-refractivity contribution < 1.29 is 9.47 Å². The average molecular weight is 315 g/mol. The Morgan fingerprint density at radius 1 is 1.13 bits per heavy atom. The molecule has 0 bridgehead atoms. The van der Waals surface area contributed by atoms with Crippen LogP contribution in [0.15, 0.2) is 27.9 Å². The minimum absolute atomic E-state index is 0.0719. The minimum atomic E-state index is -0.507. The number of ether oxygens (including phenoxy) is 2. The number of fused-ring (bicyclic) bond motifs is 1. The van der Waals surface area contributed by atoms with Crippen LogP contribution in [0.2, 0.25) is 0 Å². The maximum absolute atomic E-state index is 12.7. The molecule has 0 saturated heterocycles. The SMILES string of the molecule is COc1ccc2cnn(-c3nnc(C)c(=O)[nH]3)c(=O)c2c1OC. The van der Waals surface area contributed by atoms with Gasteiger partial charge in [0.2, 0.25) is 0 Å². The van der Waals surface area contributed by atoms with Crippen LogP contribution in [-0.2, 0) is 0 Å². The normalized spacial score (nSPS) is 10.7. The lowest BCUT2D eigenvalue weighted by atomic mass is 10.1. The van der Waals surface area contributed by atoms with Crippen molar-refractivity contribution in [2.75, 3.05) is 14.2 Å². The zero-order chi connectivity index (χ0) is 16.6. The zero-order valence-corrected chi connectivity index (χ0v) is 12.7. The maximum Gasteiger partial charge on any atom is 0.285 e. The highest BCUT2D eigenvalue weighted by atomic mass is 16.5. The van der Waals surface area contributed by atoms with E-state index in [0.717, 1.165) is 4.68 Å². The number of hydrogen-bond donors (Lipinski definition) is 1. The van der Waals surface area contributed by atoms with Gasteiger partial charge < -0.3 is 9.47 Å². The van der Waals surface area contributed by atoms with Crippen LogP contribution in [0.1, 0.15) is 5.69 Å². The molecule has 118 valence electrons. The lowest BCUT2D eigenvalue weighted by molar-refractivity contribution is 0.358. The number of aromatic amines is 1. The molecule has 1 N–H and O–H groups in total. The fourth-order valence-corrected chi connectivity index (χ4v) is 2.18. The topological polar surface area (TPSA) is 112 Å². The lowest BCUT2D eigenvalue weighted by Crippen LogP contribution is -2.27. The van der Waals surface area contributed by atoms with E-state index < -0.39 is 11.1 Å². The number of hydrogen-bond acceptors (Lipinski definition) is 7. The Kier molecular flexibility index (Phi) is 3.53. The molecule has 0 aliphatic rings. The summed E-state index contributed by atoms with van der Waals surface area (Å²) in [6, 6.07) is 3.37. The van der Waals surface area contributed by atoms with Gasteiger partial charge in [0.05, 0.1) is 25.8 Å². The van der Waals surface area contributed by atoms with E-state index in [2.05, 4.69) is 20.3 Å². The van der Waals surface area contributed by atoms with E-state index in [1.165, 1.54) is 27.3 Å². The number of nitrogens with zero attached hydrogens (tertiary/aromatic N) is 4. The van der Waals surface area contributed by atoms with Crippen LogP contribution < -0.4 is 20.6 Å². The van der Waals surface area contributed by atoms with Crippen LogP contribution >= 0.6 is 0 Å². The Labute approximate surface area is 129 Å². The molecule has 0 radical (unpaired) electrons. The molecule has 0 fully saturated rings. The van der Waals surface area contributed by atoms with E-state index in [1.54, 1.807) is 12.1 Å². The van der Waals surface area contributed by atoms with E-state index in [1.807, 2.05) is 0 Å². The van der Waals surface area contributed by atoms with Gasteiger partial charge in [-0.1, -0.05) is 0 Å². The van der Waals surface area contributed by atoms with Gasteiger partial charge in [-0.25, -0.2) is 0 Å². The van der Waals surface area contributed by atoms with Gasteiger partial charge in [0.15, 0.2) is 11.5 Å². The number of rotatable bonds is 3. The second-order valence-corrected chi connectivity index (χ2v) is 4.69. The molecule has 3 rings (SSSR count). The summed E-state index contributed by atoms with van der Waals surface area (Å²) in [6.07, 6.45) is 1.47. The van der Waals surface area contributed by atoms with E-state index >= 15 is 0 Å². The molecule has 2 heterocycles. The van der Waals surface area contributed by atoms with Gasteiger partial charge >= 0.3 is 0 Å². The summed E-state index contributed by atoms with van der Waals surface area (Å²) in [5.74, 6) is 0.629. The second-order valence-electron chi connectivity index (χ2n) is 4.69. The molecule has 3 aromatic rings. The Morgan fingerprint density at radius 2 is 1.91 bits per heavy atom. The predicted molar refractivity (Wildman–Crippen MR) is 81.4 cm³/mol. The second kappa shape index (κ2) is 5.52. The number of benzene rings is 1. The van der Waals surface area contributed by atoms with Gasteiger partial charge in [0.25, 0.3) is 17.1 Å². The molecule has 0 unspecified atom stereocenters. The van der Waals surface area contributed by atoms with Crippen LogP contribution in [-0.4, -0.2) is 39.2 Å². The van der Waals surface area contributed by atoms with Crippen LogP contribution in [0.3, 0.4) is 0 Å². The Bertz CT molecular complexity index is 1010. The molecular weight excluding hydrogens is 302 g/mol. The van der Waals surface area contributed by atoms with E-state index in [0.29, 0.717) is 11.1 Å². The van der Waals surface area contributed by atoms with Crippen molar-refractivity contribution >= 4 is 10.8 Å². The summed E-state index contributed by atoms with van der Waals surface area (Å²) in [7, 11) is 2.92. The van der Waals surface area contributed by atoms with Crippen molar-refractivity contribution in [2.24, 2.45) is 0 Å². The van der Waals surface area contributed by atoms with Gasteiger partial charge in [-0.05, 0) is 19.1 Å². The molecule has 2 aromatic heterocycles. The van der Waals surface area contributed by atoms with E-state index in [-0.39, 0.29) is 22.8 Å². The molecule has 9 nitrogen and oxygen atoms in total. The van der Waals surface area contributed by atoms with E-state index in [9.17, 15) is 9.59 Å². The third-order valence-electron chi connectivity index (χ3n) is 3.35. The number of methoxy groups -OCH3 is 2. The summed E-state index contributed by atoms with van der Waals surface area (Å²) in [6.45, 7) is 1.51. The van der Waals surface area contributed by atoms with Gasteiger partial charge in [0.1, 0.15) is 5.69 Å². The van der Waals surface area contributed by atoms with Crippen molar-refractivity contribution in [1.82, 2.24) is 25.0 Å². The van der Waals surface area contributed by atoms with Gasteiger partial charge in [-0.2, -0.15) is 9.78 Å². The highest BCUT2D eigenvalue weighted by Gasteiger charge is 2.16. The Balaban J connectivity index is 2.36. The molecule has 23 heavy (non-hydrogen) atoms. The molecule has 0 aliphatic heterocycles. The van der Waals surface area contributed by atoms with Crippen molar-refractivity contribution in [3.8, 4) is 17.4 Å². The Morgan fingerprint density at radius 3 is 2.57 bits per heavy atom. The first-order valence-electron chi connectivity index (χ1n) is 6.63. The summed E-state index contributed by atoms with van der Waals surface area (Å²) in [4.78, 5) is 26.9. The van der Waals surface area contributed by atoms with Gasteiger partial charge in [-0.15, -0.1) is 10.2 Å². The highest BCUT2D eigenvalue weighted by molar-refractivity contribution is 5.89. The molecule has 1 aromatic carbocycles. The molecule has 0 aliphatic carbocycles. The molecule has 0 atom stereocenters. The fraction of sp³-hybridized carbons (Fsp3) is 0.214. The number of H-pyrrole nitrogens is 1. The smallest absolute Gasteiger partial charge is 0.285 e. The van der Waals surface area contributed by atoms with Gasteiger partial charge in [0, 0.05) is 5.39 Å². The molecule has 9 heteroatoms. The fourth-order valence-electron chi connectivity index (χ4n) is 2.18. The zero-order valence-electron chi connectivity index (χ0n) is 12.7. The number of nitrogens with one attached hydrogen (secondary N) is 1. The molecule has 0 amide bonds. The van der Waals surface area contributed by atoms with Crippen LogP contribution in [0.4, 0.5) is 0 Å².